The van der Waals surface area contributed by atoms with Crippen LogP contribution in [0.2, 0.25) is 0 Å². The van der Waals surface area contributed by atoms with Crippen LogP contribution in [0.15, 0.2) is 84.9 Å². The third kappa shape index (κ3) is 7.62. The van der Waals surface area contributed by atoms with E-state index < -0.39 is 5.97 Å². The number of carbonyl (C=O) groups is 2. The summed E-state index contributed by atoms with van der Waals surface area (Å²) in [5.41, 5.74) is 3.04. The van der Waals surface area contributed by atoms with Crippen LogP contribution >= 0.6 is 0 Å². The lowest BCUT2D eigenvalue weighted by molar-refractivity contribution is -0.115. The molecule has 5 heteroatoms. The van der Waals surface area contributed by atoms with Gasteiger partial charge in [-0.15, -0.1) is 0 Å². The first-order valence-electron chi connectivity index (χ1n) is 11.5. The van der Waals surface area contributed by atoms with Crippen LogP contribution in [0.4, 0.5) is 0 Å². The number of aromatic hydroxyl groups is 1. The van der Waals surface area contributed by atoms with Crippen LogP contribution in [0.5, 0.6) is 17.2 Å². The van der Waals surface area contributed by atoms with Crippen LogP contribution < -0.4 is 9.47 Å². The summed E-state index contributed by atoms with van der Waals surface area (Å²) >= 11 is 0. The average Bonchev–Trinajstić information content (AvgIpc) is 2.84. The van der Waals surface area contributed by atoms with E-state index in [0.717, 1.165) is 42.6 Å². The minimum Gasteiger partial charge on any atom is -0.508 e. The Morgan fingerprint density at radius 2 is 1.32 bits per heavy atom. The molecular formula is C29H30O5. The Kier molecular flexibility index (Phi) is 9.04. The fraction of sp³-hybridized carbons (Fsp3) is 0.241. The summed E-state index contributed by atoms with van der Waals surface area (Å²) in [6.07, 6.45) is 4.48. The van der Waals surface area contributed by atoms with Gasteiger partial charge in [-0.25, -0.2) is 4.79 Å². The second kappa shape index (κ2) is 12.4. The van der Waals surface area contributed by atoms with E-state index in [4.69, 9.17) is 9.47 Å². The van der Waals surface area contributed by atoms with E-state index >= 15 is 0 Å². The second-order valence-corrected chi connectivity index (χ2v) is 8.20. The minimum atomic E-state index is -0.477. The first-order chi connectivity index (χ1) is 16.4. The lowest BCUT2D eigenvalue weighted by Crippen LogP contribution is -2.07. The fourth-order valence-corrected chi connectivity index (χ4v) is 3.37. The Bertz CT molecular complexity index is 1100. The monoisotopic (exact) mass is 458 g/mol. The molecule has 3 rings (SSSR count). The predicted octanol–water partition coefficient (Wildman–Crippen LogP) is 6.75. The highest BCUT2D eigenvalue weighted by atomic mass is 16.5. The fourth-order valence-electron chi connectivity index (χ4n) is 3.37. The Balaban J connectivity index is 1.42. The molecule has 0 bridgehead atoms. The maximum Gasteiger partial charge on any atom is 0.343 e. The number of ether oxygens (including phenoxy) is 2. The predicted molar refractivity (Wildman–Crippen MR) is 133 cm³/mol. The van der Waals surface area contributed by atoms with E-state index in [-0.39, 0.29) is 11.5 Å². The van der Waals surface area contributed by atoms with Crippen molar-refractivity contribution in [3.63, 3.8) is 0 Å². The molecule has 0 saturated carbocycles. The molecule has 0 aliphatic heterocycles. The van der Waals surface area contributed by atoms with Crippen LogP contribution in [0, 0.1) is 0 Å². The number of ketones is 1. The number of unbranched alkanes of at least 4 members (excludes halogenated alkanes) is 3. The summed E-state index contributed by atoms with van der Waals surface area (Å²) < 4.78 is 11.2. The first-order valence-corrected chi connectivity index (χ1v) is 11.5. The van der Waals surface area contributed by atoms with Crippen LogP contribution in [0.3, 0.4) is 0 Å². The molecule has 176 valence electrons. The van der Waals surface area contributed by atoms with E-state index in [1.54, 1.807) is 19.1 Å². The number of esters is 1. The van der Waals surface area contributed by atoms with Crippen LogP contribution in [-0.2, 0) is 4.79 Å². The molecule has 34 heavy (non-hydrogen) atoms. The van der Waals surface area contributed by atoms with Crippen molar-refractivity contribution < 1.29 is 24.2 Å². The van der Waals surface area contributed by atoms with Crippen LogP contribution in [0.25, 0.3) is 11.1 Å². The van der Waals surface area contributed by atoms with Gasteiger partial charge in [0.1, 0.15) is 17.2 Å². The number of benzene rings is 3. The average molecular weight is 459 g/mol. The lowest BCUT2D eigenvalue weighted by atomic mass is 10.1. The van der Waals surface area contributed by atoms with Crippen LogP contribution in [-0.4, -0.2) is 23.5 Å². The van der Waals surface area contributed by atoms with Crippen molar-refractivity contribution in [1.29, 1.82) is 0 Å². The van der Waals surface area contributed by atoms with Gasteiger partial charge in [0, 0.05) is 6.42 Å². The van der Waals surface area contributed by atoms with Gasteiger partial charge >= 0.3 is 5.97 Å². The normalized spacial score (nSPS) is 10.5. The summed E-state index contributed by atoms with van der Waals surface area (Å²) in [5.74, 6) is 1.04. The maximum absolute atomic E-state index is 12.2. The quantitative estimate of drug-likeness (QED) is 0.141. The van der Waals surface area contributed by atoms with Crippen molar-refractivity contribution in [1.82, 2.24) is 0 Å². The molecule has 0 radical (unpaired) electrons. The van der Waals surface area contributed by atoms with Crippen molar-refractivity contribution in [2.75, 3.05) is 6.61 Å². The zero-order valence-electron chi connectivity index (χ0n) is 19.5. The third-order valence-corrected chi connectivity index (χ3v) is 5.40. The van der Waals surface area contributed by atoms with Gasteiger partial charge < -0.3 is 14.6 Å². The standard InChI is InChI=1S/C29H30O5/c1-21(2)28(31)7-5-3-4-6-20-33-26-16-10-22(11-17-26)23-12-18-27(19-13-23)34-29(32)24-8-14-25(30)15-9-24/h8-19,30H,1,3-7,20H2,2H3. The highest BCUT2D eigenvalue weighted by Gasteiger charge is 2.09. The van der Waals surface area contributed by atoms with E-state index in [1.807, 2.05) is 36.4 Å². The summed E-state index contributed by atoms with van der Waals surface area (Å²) in [7, 11) is 0. The topological polar surface area (TPSA) is 72.8 Å². The highest BCUT2D eigenvalue weighted by Crippen LogP contribution is 2.25. The van der Waals surface area contributed by atoms with E-state index in [2.05, 4.69) is 6.58 Å². The van der Waals surface area contributed by atoms with Crippen molar-refractivity contribution in [3.05, 3.63) is 90.5 Å². The first kappa shape index (κ1) is 24.8. The van der Waals surface area contributed by atoms with Gasteiger partial charge in [-0.1, -0.05) is 43.7 Å². The molecule has 0 saturated heterocycles. The molecular weight excluding hydrogens is 428 g/mol. The lowest BCUT2D eigenvalue weighted by Gasteiger charge is -2.09. The Morgan fingerprint density at radius 3 is 1.91 bits per heavy atom. The number of phenols is 1. The van der Waals surface area contributed by atoms with Gasteiger partial charge in [-0.05, 0) is 85.0 Å². The number of allylic oxidation sites excluding steroid dienone is 1. The molecule has 0 aromatic heterocycles. The molecule has 0 unspecified atom stereocenters. The molecule has 3 aromatic carbocycles. The molecule has 1 N–H and O–H groups in total. The molecule has 0 aliphatic carbocycles. The molecule has 0 spiro atoms. The summed E-state index contributed by atoms with van der Waals surface area (Å²) in [4.78, 5) is 23.7. The number of hydrogen-bond donors (Lipinski definition) is 1. The zero-order valence-corrected chi connectivity index (χ0v) is 19.5. The Hall–Kier alpha value is -3.86. The van der Waals surface area contributed by atoms with Gasteiger partial charge in [0.25, 0.3) is 0 Å². The number of phenolic OH excluding ortho intramolecular Hbond substituents is 1. The number of hydrogen-bond acceptors (Lipinski definition) is 5. The van der Waals surface area contributed by atoms with Gasteiger partial charge in [0.05, 0.1) is 12.2 Å². The zero-order chi connectivity index (χ0) is 24.3. The highest BCUT2D eigenvalue weighted by molar-refractivity contribution is 5.94. The SMILES string of the molecule is C=C(C)C(=O)CCCCCCOc1ccc(-c2ccc(OC(=O)c3ccc(O)cc3)cc2)cc1. The van der Waals surface area contributed by atoms with E-state index in [0.29, 0.717) is 29.9 Å². The summed E-state index contributed by atoms with van der Waals surface area (Å²) in [5, 5.41) is 9.32. The largest absolute Gasteiger partial charge is 0.508 e. The van der Waals surface area contributed by atoms with Gasteiger partial charge in [0.15, 0.2) is 5.78 Å². The molecule has 0 aliphatic rings. The van der Waals surface area contributed by atoms with Crippen molar-refractivity contribution in [2.45, 2.75) is 39.0 Å². The molecule has 3 aromatic rings. The molecule has 5 nitrogen and oxygen atoms in total. The number of carbonyl (C=O) groups excluding carboxylic acids is 2. The summed E-state index contributed by atoms with van der Waals surface area (Å²) in [6.45, 7) is 6.08. The van der Waals surface area contributed by atoms with Gasteiger partial charge in [-0.3, -0.25) is 4.79 Å². The third-order valence-electron chi connectivity index (χ3n) is 5.40. The maximum atomic E-state index is 12.2. The van der Waals surface area contributed by atoms with Gasteiger partial charge in [0.2, 0.25) is 0 Å². The second-order valence-electron chi connectivity index (χ2n) is 8.20. The minimum absolute atomic E-state index is 0.0982. The molecule has 0 fully saturated rings. The van der Waals surface area contributed by atoms with Crippen molar-refractivity contribution in [2.24, 2.45) is 0 Å². The Morgan fingerprint density at radius 1 is 0.765 bits per heavy atom. The summed E-state index contributed by atoms with van der Waals surface area (Å²) in [6, 6.07) is 21.1. The Labute approximate surface area is 200 Å². The molecule has 0 heterocycles. The van der Waals surface area contributed by atoms with Crippen molar-refractivity contribution >= 4 is 11.8 Å². The molecule has 0 atom stereocenters. The van der Waals surface area contributed by atoms with E-state index in [9.17, 15) is 14.7 Å². The van der Waals surface area contributed by atoms with E-state index in [1.165, 1.54) is 24.3 Å². The van der Waals surface area contributed by atoms with Gasteiger partial charge in [-0.2, -0.15) is 0 Å². The number of rotatable bonds is 12. The van der Waals surface area contributed by atoms with Crippen LogP contribution in [0.1, 0.15) is 49.4 Å². The smallest absolute Gasteiger partial charge is 0.343 e. The number of Topliss-reactive ketones (excluding diaryl/α,β-unsaturated/α-hetero) is 1. The molecule has 0 amide bonds. The van der Waals surface area contributed by atoms with Crippen molar-refractivity contribution in [3.8, 4) is 28.4 Å².